The molecule has 0 radical (unpaired) electrons. The fourth-order valence-electron chi connectivity index (χ4n) is 2.89. The third kappa shape index (κ3) is 4.16. The first-order valence-corrected chi connectivity index (χ1v) is 9.98. The fraction of sp³-hybridized carbons (Fsp3) is 0.0952. The number of carbonyl (C=O) groups is 1. The Morgan fingerprint density at radius 1 is 1.07 bits per heavy atom. The molecule has 0 unspecified atom stereocenters. The first-order chi connectivity index (χ1) is 14.0. The highest BCUT2D eigenvalue weighted by molar-refractivity contribution is 14.1. The van der Waals surface area contributed by atoms with Gasteiger partial charge in [0, 0.05) is 21.0 Å². The van der Waals surface area contributed by atoms with Crippen molar-refractivity contribution in [2.75, 3.05) is 5.32 Å². The molecule has 144 valence electrons. The maximum atomic E-state index is 12.8. The van der Waals surface area contributed by atoms with Crippen LogP contribution in [0, 0.1) is 17.4 Å². The Bertz CT molecular complexity index is 1190. The number of amides is 1. The molecular formula is C21H17IN6O. The number of carbonyl (C=O) groups excluding carboxylic acids is 1. The number of anilines is 1. The first kappa shape index (κ1) is 19.2. The van der Waals surface area contributed by atoms with Crippen LogP contribution in [0.1, 0.15) is 21.9 Å². The van der Waals surface area contributed by atoms with Gasteiger partial charge in [-0.15, -0.1) is 0 Å². The zero-order valence-corrected chi connectivity index (χ0v) is 18.0. The Kier molecular flexibility index (Phi) is 5.34. The number of pyridine rings is 2. The van der Waals surface area contributed by atoms with Crippen molar-refractivity contribution in [2.24, 2.45) is 0 Å². The van der Waals surface area contributed by atoms with Gasteiger partial charge in [-0.05, 0) is 78.9 Å². The van der Waals surface area contributed by atoms with Gasteiger partial charge in [0.15, 0.2) is 5.82 Å². The minimum absolute atomic E-state index is 0.218. The zero-order chi connectivity index (χ0) is 20.4. The summed E-state index contributed by atoms with van der Waals surface area (Å²) in [5, 5.41) is 7.20. The van der Waals surface area contributed by atoms with Crippen molar-refractivity contribution in [3.63, 3.8) is 0 Å². The van der Waals surface area contributed by atoms with E-state index < -0.39 is 0 Å². The predicted molar refractivity (Wildman–Crippen MR) is 119 cm³/mol. The molecule has 4 aromatic rings. The molecule has 0 fully saturated rings. The molecule has 8 heteroatoms. The van der Waals surface area contributed by atoms with E-state index in [0.717, 1.165) is 14.8 Å². The highest BCUT2D eigenvalue weighted by atomic mass is 127. The Morgan fingerprint density at radius 2 is 1.93 bits per heavy atom. The molecule has 0 aliphatic rings. The van der Waals surface area contributed by atoms with Crippen molar-refractivity contribution in [3.05, 3.63) is 81.7 Å². The van der Waals surface area contributed by atoms with Crippen LogP contribution in [-0.4, -0.2) is 30.6 Å². The SMILES string of the molecule is Cc1ncn(-c2ccc(C(=O)Nc3ccc(I)c(-c4ccccn4)c3)c(C)n2)n1. The van der Waals surface area contributed by atoms with Gasteiger partial charge in [0.05, 0.1) is 17.0 Å². The summed E-state index contributed by atoms with van der Waals surface area (Å²) in [6.45, 7) is 3.61. The quantitative estimate of drug-likeness (QED) is 0.429. The van der Waals surface area contributed by atoms with Gasteiger partial charge in [0.25, 0.3) is 5.91 Å². The van der Waals surface area contributed by atoms with Crippen LogP contribution in [0.2, 0.25) is 0 Å². The number of hydrogen-bond donors (Lipinski definition) is 1. The van der Waals surface area contributed by atoms with Crippen molar-refractivity contribution in [2.45, 2.75) is 13.8 Å². The largest absolute Gasteiger partial charge is 0.322 e. The maximum Gasteiger partial charge on any atom is 0.257 e. The normalized spacial score (nSPS) is 10.7. The lowest BCUT2D eigenvalue weighted by atomic mass is 10.1. The minimum atomic E-state index is -0.218. The van der Waals surface area contributed by atoms with Gasteiger partial charge in [-0.3, -0.25) is 9.78 Å². The predicted octanol–water partition coefficient (Wildman–Crippen LogP) is 4.20. The van der Waals surface area contributed by atoms with E-state index in [0.29, 0.717) is 28.6 Å². The second-order valence-electron chi connectivity index (χ2n) is 6.40. The van der Waals surface area contributed by atoms with Crippen LogP contribution in [0.4, 0.5) is 5.69 Å². The Morgan fingerprint density at radius 3 is 2.62 bits per heavy atom. The third-order valence-electron chi connectivity index (χ3n) is 4.32. The summed E-state index contributed by atoms with van der Waals surface area (Å²) >= 11 is 2.27. The van der Waals surface area contributed by atoms with E-state index in [2.05, 4.69) is 48.0 Å². The standard InChI is InChI=1S/C21H17IN6O/c1-13-16(7-9-20(25-13)28-12-24-14(2)27-28)21(29)26-15-6-8-18(22)17(11-15)19-5-3-4-10-23-19/h3-12H,1-2H3,(H,26,29). The van der Waals surface area contributed by atoms with E-state index in [9.17, 15) is 4.79 Å². The summed E-state index contributed by atoms with van der Waals surface area (Å²) in [4.78, 5) is 25.8. The average molecular weight is 496 g/mol. The highest BCUT2D eigenvalue weighted by Crippen LogP contribution is 2.27. The number of nitrogens with one attached hydrogen (secondary N) is 1. The summed E-state index contributed by atoms with van der Waals surface area (Å²) < 4.78 is 2.65. The lowest BCUT2D eigenvalue weighted by molar-refractivity contribution is 0.102. The van der Waals surface area contributed by atoms with Crippen LogP contribution in [-0.2, 0) is 0 Å². The third-order valence-corrected chi connectivity index (χ3v) is 5.26. The van der Waals surface area contributed by atoms with Crippen molar-refractivity contribution in [1.29, 1.82) is 0 Å². The molecule has 7 nitrogen and oxygen atoms in total. The van der Waals surface area contributed by atoms with Crippen LogP contribution in [0.5, 0.6) is 0 Å². The molecule has 1 aromatic carbocycles. The fourth-order valence-corrected chi connectivity index (χ4v) is 3.50. The van der Waals surface area contributed by atoms with Gasteiger partial charge in [0.1, 0.15) is 12.2 Å². The van der Waals surface area contributed by atoms with Crippen molar-refractivity contribution in [3.8, 4) is 17.1 Å². The molecule has 0 spiro atoms. The number of hydrogen-bond acceptors (Lipinski definition) is 5. The Hall–Kier alpha value is -3.14. The van der Waals surface area contributed by atoms with Crippen LogP contribution in [0.15, 0.2) is 61.1 Å². The van der Waals surface area contributed by atoms with Crippen molar-refractivity contribution >= 4 is 34.2 Å². The first-order valence-electron chi connectivity index (χ1n) is 8.90. The summed E-state index contributed by atoms with van der Waals surface area (Å²) in [6, 6.07) is 15.0. The number of nitrogens with zero attached hydrogens (tertiary/aromatic N) is 5. The van der Waals surface area contributed by atoms with Crippen LogP contribution >= 0.6 is 22.6 Å². The molecule has 0 atom stereocenters. The Labute approximate surface area is 181 Å². The second kappa shape index (κ2) is 8.08. The van der Waals surface area contributed by atoms with Gasteiger partial charge < -0.3 is 5.32 Å². The van der Waals surface area contributed by atoms with Gasteiger partial charge in [-0.2, -0.15) is 5.10 Å². The lowest BCUT2D eigenvalue weighted by Gasteiger charge is -2.11. The molecule has 0 saturated heterocycles. The lowest BCUT2D eigenvalue weighted by Crippen LogP contribution is -2.15. The summed E-state index contributed by atoms with van der Waals surface area (Å²) in [7, 11) is 0. The highest BCUT2D eigenvalue weighted by Gasteiger charge is 2.14. The van der Waals surface area contributed by atoms with Crippen LogP contribution < -0.4 is 5.32 Å². The van der Waals surface area contributed by atoms with Crippen LogP contribution in [0.25, 0.3) is 17.1 Å². The number of rotatable bonds is 4. The van der Waals surface area contributed by atoms with E-state index in [1.54, 1.807) is 36.3 Å². The number of aromatic nitrogens is 5. The molecule has 3 aromatic heterocycles. The number of halogens is 1. The topological polar surface area (TPSA) is 85.6 Å². The molecule has 0 aliphatic heterocycles. The summed E-state index contributed by atoms with van der Waals surface area (Å²) in [5.41, 5.74) is 3.65. The molecule has 0 bridgehead atoms. The van der Waals surface area contributed by atoms with Gasteiger partial charge in [0.2, 0.25) is 0 Å². The van der Waals surface area contributed by atoms with Crippen molar-refractivity contribution < 1.29 is 4.79 Å². The summed E-state index contributed by atoms with van der Waals surface area (Å²) in [5.74, 6) is 1.06. The number of aryl methyl sites for hydroxylation is 2. The van der Waals surface area contributed by atoms with E-state index in [-0.39, 0.29) is 5.91 Å². The maximum absolute atomic E-state index is 12.8. The zero-order valence-electron chi connectivity index (χ0n) is 15.8. The van der Waals surface area contributed by atoms with E-state index >= 15 is 0 Å². The number of benzene rings is 1. The van der Waals surface area contributed by atoms with Crippen molar-refractivity contribution in [1.82, 2.24) is 24.7 Å². The molecular weight excluding hydrogens is 479 g/mol. The molecule has 29 heavy (non-hydrogen) atoms. The molecule has 0 aliphatic carbocycles. The molecule has 1 amide bonds. The molecule has 1 N–H and O–H groups in total. The molecule has 0 saturated carbocycles. The van der Waals surface area contributed by atoms with Gasteiger partial charge in [-0.1, -0.05) is 6.07 Å². The van der Waals surface area contributed by atoms with Gasteiger partial charge in [-0.25, -0.2) is 14.6 Å². The monoisotopic (exact) mass is 496 g/mol. The molecule has 4 rings (SSSR count). The van der Waals surface area contributed by atoms with E-state index in [4.69, 9.17) is 0 Å². The summed E-state index contributed by atoms with van der Waals surface area (Å²) in [6.07, 6.45) is 3.35. The Balaban J connectivity index is 1.58. The smallest absolute Gasteiger partial charge is 0.257 e. The van der Waals surface area contributed by atoms with Gasteiger partial charge >= 0.3 is 0 Å². The van der Waals surface area contributed by atoms with E-state index in [1.807, 2.05) is 43.3 Å². The second-order valence-corrected chi connectivity index (χ2v) is 7.56. The van der Waals surface area contributed by atoms with Crippen LogP contribution in [0.3, 0.4) is 0 Å². The minimum Gasteiger partial charge on any atom is -0.322 e. The molecule has 3 heterocycles. The average Bonchev–Trinajstić information content (AvgIpc) is 3.16. The van der Waals surface area contributed by atoms with E-state index in [1.165, 1.54) is 0 Å².